The van der Waals surface area contributed by atoms with Gasteiger partial charge in [0.05, 0.1) is 0 Å². The second-order valence-electron chi connectivity index (χ2n) is 8.20. The van der Waals surface area contributed by atoms with Gasteiger partial charge in [0.1, 0.15) is 6.04 Å². The fourth-order valence-corrected chi connectivity index (χ4v) is 4.43. The Labute approximate surface area is 182 Å². The number of likely N-dealkylation sites (tertiary alicyclic amines) is 1. The number of nitrogens with two attached hydrogens (primary N) is 1. The van der Waals surface area contributed by atoms with E-state index in [1.165, 1.54) is 0 Å². The first-order valence-electron chi connectivity index (χ1n) is 10.7. The van der Waals surface area contributed by atoms with Gasteiger partial charge in [0.25, 0.3) is 0 Å². The van der Waals surface area contributed by atoms with Crippen molar-refractivity contribution in [1.29, 1.82) is 0 Å². The Kier molecular flexibility index (Phi) is 6.16. The van der Waals surface area contributed by atoms with Crippen LogP contribution < -0.4 is 5.73 Å². The number of rotatable bonds is 4. The Balaban J connectivity index is 1.38. The van der Waals surface area contributed by atoms with Crippen molar-refractivity contribution in [3.8, 4) is 0 Å². The van der Waals surface area contributed by atoms with E-state index in [0.717, 1.165) is 16.7 Å². The van der Waals surface area contributed by atoms with E-state index < -0.39 is 11.9 Å². The van der Waals surface area contributed by atoms with E-state index in [2.05, 4.69) is 0 Å². The third-order valence-electron chi connectivity index (χ3n) is 6.23. The molecule has 2 aliphatic rings. The molecule has 0 radical (unpaired) electrons. The average molecular weight is 418 g/mol. The van der Waals surface area contributed by atoms with Crippen LogP contribution in [0.1, 0.15) is 29.5 Å². The first-order valence-corrected chi connectivity index (χ1v) is 10.7. The van der Waals surface area contributed by atoms with Crippen molar-refractivity contribution >= 4 is 23.8 Å². The minimum atomic E-state index is -0.615. The lowest BCUT2D eigenvalue weighted by molar-refractivity contribution is -0.146. The Morgan fingerprint density at radius 3 is 2.23 bits per heavy atom. The van der Waals surface area contributed by atoms with Crippen molar-refractivity contribution < 1.29 is 14.4 Å². The van der Waals surface area contributed by atoms with Crippen molar-refractivity contribution in [2.24, 2.45) is 11.7 Å². The quantitative estimate of drug-likeness (QED) is 0.776. The van der Waals surface area contributed by atoms with E-state index in [0.29, 0.717) is 38.9 Å². The molecule has 0 spiro atoms. The molecule has 6 heteroatoms. The Morgan fingerprint density at radius 2 is 1.55 bits per heavy atom. The zero-order chi connectivity index (χ0) is 21.8. The number of nitrogens with zero attached hydrogens (tertiary/aromatic N) is 2. The summed E-state index contributed by atoms with van der Waals surface area (Å²) in [4.78, 5) is 41.3. The largest absolute Gasteiger partial charge is 0.368 e. The summed E-state index contributed by atoms with van der Waals surface area (Å²) in [6, 6.07) is 16.9. The summed E-state index contributed by atoms with van der Waals surface area (Å²) in [7, 11) is 0. The summed E-state index contributed by atoms with van der Waals surface area (Å²) in [5.41, 5.74) is 8.74. The molecule has 2 heterocycles. The molecule has 2 aromatic carbocycles. The Morgan fingerprint density at radius 1 is 0.903 bits per heavy atom. The van der Waals surface area contributed by atoms with Crippen LogP contribution in [0.3, 0.4) is 0 Å². The fourth-order valence-electron chi connectivity index (χ4n) is 4.43. The van der Waals surface area contributed by atoms with Crippen LogP contribution in [0.4, 0.5) is 0 Å². The van der Waals surface area contributed by atoms with E-state index in [4.69, 9.17) is 5.73 Å². The van der Waals surface area contributed by atoms with E-state index >= 15 is 0 Å². The van der Waals surface area contributed by atoms with E-state index in [1.54, 1.807) is 15.9 Å². The van der Waals surface area contributed by atoms with E-state index in [1.807, 2.05) is 60.7 Å². The van der Waals surface area contributed by atoms with Crippen LogP contribution in [0, 0.1) is 5.92 Å². The second-order valence-corrected chi connectivity index (χ2v) is 8.20. The minimum absolute atomic E-state index is 0.0368. The summed E-state index contributed by atoms with van der Waals surface area (Å²) < 4.78 is 0. The molecule has 0 aliphatic carbocycles. The van der Waals surface area contributed by atoms with Gasteiger partial charge in [-0.25, -0.2) is 0 Å². The number of primary amides is 1. The van der Waals surface area contributed by atoms with Crippen LogP contribution >= 0.6 is 0 Å². The third-order valence-corrected chi connectivity index (χ3v) is 6.23. The molecule has 3 amide bonds. The number of carbonyl (C=O) groups excluding carboxylic acids is 3. The normalized spacial score (nSPS) is 19.3. The van der Waals surface area contributed by atoms with Crippen LogP contribution in [-0.2, 0) is 27.3 Å². The topological polar surface area (TPSA) is 83.7 Å². The van der Waals surface area contributed by atoms with Crippen LogP contribution in [0.5, 0.6) is 0 Å². The SMILES string of the molecule is NC(=O)[C@H]1Cc2ccccc2CN1C(=O)C1CCN(C(=O)/C=C/c2ccccc2)CC1. The van der Waals surface area contributed by atoms with E-state index in [9.17, 15) is 14.4 Å². The number of amides is 3. The molecule has 0 unspecified atom stereocenters. The molecule has 1 atom stereocenters. The molecule has 31 heavy (non-hydrogen) atoms. The average Bonchev–Trinajstić information content (AvgIpc) is 2.82. The molecule has 0 saturated carbocycles. The smallest absolute Gasteiger partial charge is 0.246 e. The number of fused-ring (bicyclic) bond motifs is 1. The molecule has 160 valence electrons. The van der Waals surface area contributed by atoms with Gasteiger partial charge in [0.2, 0.25) is 17.7 Å². The van der Waals surface area contributed by atoms with Gasteiger partial charge < -0.3 is 15.5 Å². The number of piperidine rings is 1. The monoisotopic (exact) mass is 417 g/mol. The van der Waals surface area contributed by atoms with Gasteiger partial charge in [-0.2, -0.15) is 0 Å². The maximum absolute atomic E-state index is 13.3. The lowest BCUT2D eigenvalue weighted by Gasteiger charge is -2.39. The first kappa shape index (κ1) is 20.8. The van der Waals surface area contributed by atoms with Crippen LogP contribution in [-0.4, -0.2) is 46.7 Å². The maximum atomic E-state index is 13.3. The molecule has 2 N–H and O–H groups in total. The highest BCUT2D eigenvalue weighted by molar-refractivity contribution is 5.92. The Bertz CT molecular complexity index is 994. The summed E-state index contributed by atoms with van der Waals surface area (Å²) in [5, 5.41) is 0. The van der Waals surface area contributed by atoms with Crippen LogP contribution in [0.2, 0.25) is 0 Å². The molecule has 0 aromatic heterocycles. The fraction of sp³-hybridized carbons (Fsp3) is 0.320. The summed E-state index contributed by atoms with van der Waals surface area (Å²) in [5.74, 6) is -0.752. The van der Waals surface area contributed by atoms with Gasteiger partial charge in [-0.3, -0.25) is 14.4 Å². The molecular weight excluding hydrogens is 390 g/mol. The molecule has 6 nitrogen and oxygen atoms in total. The van der Waals surface area contributed by atoms with Crippen molar-refractivity contribution in [3.63, 3.8) is 0 Å². The molecule has 2 aliphatic heterocycles. The van der Waals surface area contributed by atoms with Gasteiger partial charge in [0, 0.05) is 38.0 Å². The lowest BCUT2D eigenvalue weighted by Crippen LogP contribution is -2.54. The number of hydrogen-bond donors (Lipinski definition) is 1. The highest BCUT2D eigenvalue weighted by Crippen LogP contribution is 2.28. The van der Waals surface area contributed by atoms with E-state index in [-0.39, 0.29) is 17.7 Å². The molecule has 0 bridgehead atoms. The lowest BCUT2D eigenvalue weighted by atomic mass is 9.89. The van der Waals surface area contributed by atoms with Gasteiger partial charge in [-0.1, -0.05) is 54.6 Å². The predicted octanol–water partition coefficient (Wildman–Crippen LogP) is 2.38. The highest BCUT2D eigenvalue weighted by atomic mass is 16.2. The predicted molar refractivity (Wildman–Crippen MR) is 118 cm³/mol. The second kappa shape index (κ2) is 9.16. The van der Waals surface area contributed by atoms with Crippen LogP contribution in [0.25, 0.3) is 6.08 Å². The zero-order valence-corrected chi connectivity index (χ0v) is 17.4. The van der Waals surface area contributed by atoms with Gasteiger partial charge >= 0.3 is 0 Å². The van der Waals surface area contributed by atoms with Gasteiger partial charge in [0.15, 0.2) is 0 Å². The van der Waals surface area contributed by atoms with Crippen molar-refractivity contribution in [1.82, 2.24) is 9.80 Å². The highest BCUT2D eigenvalue weighted by Gasteiger charge is 2.37. The molecule has 2 aromatic rings. The van der Waals surface area contributed by atoms with Crippen molar-refractivity contribution in [2.75, 3.05) is 13.1 Å². The standard InChI is InChI=1S/C25H27N3O3/c26-24(30)22-16-20-8-4-5-9-21(20)17-28(22)25(31)19-12-14-27(15-13-19)23(29)11-10-18-6-2-1-3-7-18/h1-11,19,22H,12-17H2,(H2,26,30)/b11-10+/t22-/m1/s1. The zero-order valence-electron chi connectivity index (χ0n) is 17.4. The van der Waals surface area contributed by atoms with Crippen molar-refractivity contribution in [2.45, 2.75) is 31.8 Å². The summed E-state index contributed by atoms with van der Waals surface area (Å²) in [6.45, 7) is 1.46. The molecular formula is C25H27N3O3. The van der Waals surface area contributed by atoms with Crippen LogP contribution in [0.15, 0.2) is 60.7 Å². The minimum Gasteiger partial charge on any atom is -0.368 e. The number of hydrogen-bond acceptors (Lipinski definition) is 3. The number of carbonyl (C=O) groups is 3. The Hall–Kier alpha value is -3.41. The third kappa shape index (κ3) is 4.68. The summed E-state index contributed by atoms with van der Waals surface area (Å²) >= 11 is 0. The van der Waals surface area contributed by atoms with Gasteiger partial charge in [-0.15, -0.1) is 0 Å². The number of benzene rings is 2. The van der Waals surface area contributed by atoms with Gasteiger partial charge in [-0.05, 0) is 35.6 Å². The molecule has 1 saturated heterocycles. The molecule has 4 rings (SSSR count). The summed E-state index contributed by atoms with van der Waals surface area (Å²) in [6.07, 6.45) is 5.03. The molecule has 1 fully saturated rings. The van der Waals surface area contributed by atoms with Crippen molar-refractivity contribution in [3.05, 3.63) is 77.4 Å². The maximum Gasteiger partial charge on any atom is 0.246 e. The first-order chi connectivity index (χ1) is 15.0.